The van der Waals surface area contributed by atoms with Gasteiger partial charge in [0, 0.05) is 25.3 Å². The first-order valence-electron chi connectivity index (χ1n) is 7.26. The molecule has 1 aliphatic heterocycles. The predicted octanol–water partition coefficient (Wildman–Crippen LogP) is 3.56. The second-order valence-corrected chi connectivity index (χ2v) is 6.29. The summed E-state index contributed by atoms with van der Waals surface area (Å²) < 4.78 is 13.4. The van der Waals surface area contributed by atoms with Crippen molar-refractivity contribution in [1.29, 1.82) is 0 Å². The van der Waals surface area contributed by atoms with Gasteiger partial charge in [0.2, 0.25) is 0 Å². The Morgan fingerprint density at radius 2 is 2.16 bits per heavy atom. The smallest absolute Gasteiger partial charge is 0.123 e. The minimum absolute atomic E-state index is 0.143. The van der Waals surface area contributed by atoms with Gasteiger partial charge in [-0.25, -0.2) is 4.39 Å². The molecule has 2 rings (SSSR count). The van der Waals surface area contributed by atoms with Crippen LogP contribution < -0.4 is 10.2 Å². The number of nitrogens with zero attached hydrogens (tertiary/aromatic N) is 1. The summed E-state index contributed by atoms with van der Waals surface area (Å²) in [5.41, 5.74) is 2.63. The number of hydrogen-bond acceptors (Lipinski definition) is 2. The van der Waals surface area contributed by atoms with Crippen LogP contribution in [0.25, 0.3) is 0 Å². The molecule has 1 aromatic rings. The third-order valence-corrected chi connectivity index (χ3v) is 3.80. The Morgan fingerprint density at radius 3 is 2.79 bits per heavy atom. The van der Waals surface area contributed by atoms with E-state index < -0.39 is 0 Å². The van der Waals surface area contributed by atoms with Crippen LogP contribution in [-0.2, 0) is 6.54 Å². The molecule has 0 spiro atoms. The van der Waals surface area contributed by atoms with E-state index in [1.54, 1.807) is 12.1 Å². The second kappa shape index (κ2) is 5.91. The fraction of sp³-hybridized carbons (Fsp3) is 0.625. The van der Waals surface area contributed by atoms with Gasteiger partial charge < -0.3 is 10.2 Å². The molecule has 0 saturated carbocycles. The Morgan fingerprint density at radius 1 is 1.37 bits per heavy atom. The molecule has 1 N–H and O–H groups in total. The van der Waals surface area contributed by atoms with E-state index in [-0.39, 0.29) is 5.82 Å². The number of rotatable bonds is 5. The van der Waals surface area contributed by atoms with E-state index >= 15 is 0 Å². The zero-order valence-electron chi connectivity index (χ0n) is 12.3. The molecular formula is C16H25FN2. The lowest BCUT2D eigenvalue weighted by molar-refractivity contribution is 0.418. The third kappa shape index (κ3) is 3.69. The van der Waals surface area contributed by atoms with E-state index in [0.717, 1.165) is 38.2 Å². The van der Waals surface area contributed by atoms with Crippen molar-refractivity contribution in [1.82, 2.24) is 5.32 Å². The maximum Gasteiger partial charge on any atom is 0.123 e. The lowest BCUT2D eigenvalue weighted by Gasteiger charge is -2.24. The van der Waals surface area contributed by atoms with E-state index in [9.17, 15) is 4.39 Å². The van der Waals surface area contributed by atoms with E-state index in [1.165, 1.54) is 12.1 Å². The molecule has 0 aliphatic carbocycles. The summed E-state index contributed by atoms with van der Waals surface area (Å²) in [6.07, 6.45) is 2.30. The lowest BCUT2D eigenvalue weighted by Crippen LogP contribution is -2.25. The minimum atomic E-state index is -0.143. The topological polar surface area (TPSA) is 15.3 Å². The van der Waals surface area contributed by atoms with Gasteiger partial charge in [-0.2, -0.15) is 0 Å². The zero-order chi connectivity index (χ0) is 13.9. The Hall–Kier alpha value is -1.09. The van der Waals surface area contributed by atoms with Gasteiger partial charge in [0.25, 0.3) is 0 Å². The number of benzene rings is 1. The molecule has 1 heterocycles. The first-order valence-corrected chi connectivity index (χ1v) is 7.26. The normalized spacial score (nSPS) is 18.0. The SMILES string of the molecule is CCCNCc1cc(F)ccc1N1CCC(C)(C)C1. The van der Waals surface area contributed by atoms with Crippen LogP contribution >= 0.6 is 0 Å². The Balaban J connectivity index is 2.15. The van der Waals surface area contributed by atoms with E-state index in [4.69, 9.17) is 0 Å². The summed E-state index contributed by atoms with van der Waals surface area (Å²) in [6, 6.07) is 5.17. The lowest BCUT2D eigenvalue weighted by atomic mass is 9.93. The molecule has 1 fully saturated rings. The first kappa shape index (κ1) is 14.3. The molecular weight excluding hydrogens is 239 g/mol. The highest BCUT2D eigenvalue weighted by Crippen LogP contribution is 2.34. The molecule has 0 radical (unpaired) electrons. The molecule has 1 saturated heterocycles. The van der Waals surface area contributed by atoms with Crippen molar-refractivity contribution in [2.45, 2.75) is 40.2 Å². The van der Waals surface area contributed by atoms with Crippen molar-refractivity contribution in [3.8, 4) is 0 Å². The summed E-state index contributed by atoms with van der Waals surface area (Å²) >= 11 is 0. The van der Waals surface area contributed by atoms with Crippen LogP contribution in [0.2, 0.25) is 0 Å². The van der Waals surface area contributed by atoms with Crippen LogP contribution in [0.5, 0.6) is 0 Å². The standard InChI is InChI=1S/C16H25FN2/c1-4-8-18-11-13-10-14(17)5-6-15(13)19-9-7-16(2,3)12-19/h5-6,10,18H,4,7-9,11-12H2,1-3H3. The average Bonchev–Trinajstić information content (AvgIpc) is 2.70. The molecule has 1 aromatic carbocycles. The van der Waals surface area contributed by atoms with Crippen LogP contribution in [0.1, 0.15) is 39.2 Å². The van der Waals surface area contributed by atoms with Crippen LogP contribution in [0.3, 0.4) is 0 Å². The third-order valence-electron chi connectivity index (χ3n) is 3.80. The maximum atomic E-state index is 13.4. The number of anilines is 1. The average molecular weight is 264 g/mol. The summed E-state index contributed by atoms with van der Waals surface area (Å²) in [7, 11) is 0. The van der Waals surface area contributed by atoms with Crippen LogP contribution in [0, 0.1) is 11.2 Å². The summed E-state index contributed by atoms with van der Waals surface area (Å²) in [5, 5.41) is 3.37. The molecule has 0 aromatic heterocycles. The maximum absolute atomic E-state index is 13.4. The van der Waals surface area contributed by atoms with Crippen molar-refractivity contribution in [2.24, 2.45) is 5.41 Å². The van der Waals surface area contributed by atoms with Gasteiger partial charge in [0.15, 0.2) is 0 Å². The highest BCUT2D eigenvalue weighted by atomic mass is 19.1. The monoisotopic (exact) mass is 264 g/mol. The summed E-state index contributed by atoms with van der Waals surface area (Å²) in [4.78, 5) is 2.39. The Labute approximate surface area is 116 Å². The second-order valence-electron chi connectivity index (χ2n) is 6.29. The number of hydrogen-bond donors (Lipinski definition) is 1. The molecule has 106 valence electrons. The molecule has 19 heavy (non-hydrogen) atoms. The van der Waals surface area contributed by atoms with Gasteiger partial charge in [-0.3, -0.25) is 0 Å². The molecule has 3 heteroatoms. The van der Waals surface area contributed by atoms with Crippen molar-refractivity contribution in [2.75, 3.05) is 24.5 Å². The quantitative estimate of drug-likeness (QED) is 0.818. The largest absolute Gasteiger partial charge is 0.371 e. The molecule has 0 amide bonds. The zero-order valence-corrected chi connectivity index (χ0v) is 12.3. The van der Waals surface area contributed by atoms with Gasteiger partial charge in [0.1, 0.15) is 5.82 Å². The predicted molar refractivity (Wildman–Crippen MR) is 79.0 cm³/mol. The highest BCUT2D eigenvalue weighted by Gasteiger charge is 2.30. The summed E-state index contributed by atoms with van der Waals surface area (Å²) in [5.74, 6) is -0.143. The molecule has 0 unspecified atom stereocenters. The number of nitrogens with one attached hydrogen (secondary N) is 1. The van der Waals surface area contributed by atoms with Gasteiger partial charge in [-0.1, -0.05) is 20.8 Å². The van der Waals surface area contributed by atoms with Gasteiger partial charge in [-0.05, 0) is 48.6 Å². The van der Waals surface area contributed by atoms with Crippen molar-refractivity contribution in [3.05, 3.63) is 29.6 Å². The Bertz CT molecular complexity index is 429. The fourth-order valence-corrected chi connectivity index (χ4v) is 2.72. The minimum Gasteiger partial charge on any atom is -0.371 e. The van der Waals surface area contributed by atoms with E-state index in [0.29, 0.717) is 5.41 Å². The first-order chi connectivity index (χ1) is 9.02. The van der Waals surface area contributed by atoms with Crippen molar-refractivity contribution in [3.63, 3.8) is 0 Å². The molecule has 2 nitrogen and oxygen atoms in total. The van der Waals surface area contributed by atoms with Crippen molar-refractivity contribution >= 4 is 5.69 Å². The van der Waals surface area contributed by atoms with Gasteiger partial charge in [0.05, 0.1) is 0 Å². The van der Waals surface area contributed by atoms with Gasteiger partial charge in [-0.15, -0.1) is 0 Å². The summed E-state index contributed by atoms with van der Waals surface area (Å²) in [6.45, 7) is 10.6. The fourth-order valence-electron chi connectivity index (χ4n) is 2.72. The number of halogens is 1. The Kier molecular flexibility index (Phi) is 4.46. The van der Waals surface area contributed by atoms with Crippen LogP contribution in [0.15, 0.2) is 18.2 Å². The van der Waals surface area contributed by atoms with Crippen molar-refractivity contribution < 1.29 is 4.39 Å². The van der Waals surface area contributed by atoms with Crippen LogP contribution in [-0.4, -0.2) is 19.6 Å². The van der Waals surface area contributed by atoms with Crippen LogP contribution in [0.4, 0.5) is 10.1 Å². The molecule has 0 bridgehead atoms. The highest BCUT2D eigenvalue weighted by molar-refractivity contribution is 5.55. The molecule has 0 atom stereocenters. The van der Waals surface area contributed by atoms with E-state index in [1.807, 2.05) is 6.07 Å². The van der Waals surface area contributed by atoms with E-state index in [2.05, 4.69) is 31.0 Å². The van der Waals surface area contributed by atoms with Gasteiger partial charge >= 0.3 is 0 Å². The molecule has 1 aliphatic rings.